The first kappa shape index (κ1) is 15.7. The molecular weight excluding hydrogens is 308 g/mol. The Balaban J connectivity index is 1.56. The van der Waals surface area contributed by atoms with Gasteiger partial charge in [-0.1, -0.05) is 0 Å². The summed E-state index contributed by atoms with van der Waals surface area (Å²) < 4.78 is 33.8. The van der Waals surface area contributed by atoms with Crippen LogP contribution >= 0.6 is 0 Å². The molecule has 4 rings (SSSR count). The van der Waals surface area contributed by atoms with Crippen LogP contribution in [0.4, 0.5) is 0 Å². The quantitative estimate of drug-likeness (QED) is 0.703. The smallest absolute Gasteiger partial charge is 0.316 e. The Bertz CT molecular complexity index is 518. The predicted molar refractivity (Wildman–Crippen MR) is 73.0 cm³/mol. The summed E-state index contributed by atoms with van der Waals surface area (Å²) in [7, 11) is 0. The molecular formula is C15H22O8. The van der Waals surface area contributed by atoms with Crippen LogP contribution in [0.3, 0.4) is 0 Å². The highest BCUT2D eigenvalue weighted by Crippen LogP contribution is 2.46. The summed E-state index contributed by atoms with van der Waals surface area (Å²) in [5, 5.41) is 10.7. The number of rotatable bonds is 2. The van der Waals surface area contributed by atoms with Crippen molar-refractivity contribution in [1.82, 2.24) is 0 Å². The fourth-order valence-corrected chi connectivity index (χ4v) is 3.75. The van der Waals surface area contributed by atoms with Crippen LogP contribution < -0.4 is 0 Å². The lowest BCUT2D eigenvalue weighted by molar-refractivity contribution is -0.268. The second kappa shape index (κ2) is 4.87. The molecule has 7 atom stereocenters. The van der Waals surface area contributed by atoms with Crippen molar-refractivity contribution < 1.29 is 38.3 Å². The van der Waals surface area contributed by atoms with Crippen molar-refractivity contribution in [3.05, 3.63) is 0 Å². The SMILES string of the molecule is CC1(C)O[C@H]2[C@@H](O1)[C@@H]1OC(=O)[C@@H]([C@@H](O)[C@H]3COC(C)(C)O3)[C@H]2O1. The van der Waals surface area contributed by atoms with Crippen LogP contribution in [-0.2, 0) is 33.2 Å². The van der Waals surface area contributed by atoms with Crippen LogP contribution in [0, 0.1) is 5.92 Å². The number of esters is 1. The van der Waals surface area contributed by atoms with Crippen LogP contribution in [0.15, 0.2) is 0 Å². The third-order valence-electron chi connectivity index (χ3n) is 4.68. The molecule has 1 N–H and O–H groups in total. The van der Waals surface area contributed by atoms with E-state index in [0.29, 0.717) is 0 Å². The van der Waals surface area contributed by atoms with E-state index in [-0.39, 0.29) is 6.61 Å². The summed E-state index contributed by atoms with van der Waals surface area (Å²) in [5.74, 6) is -2.99. The summed E-state index contributed by atoms with van der Waals surface area (Å²) in [5.41, 5.74) is 0. The molecule has 4 fully saturated rings. The van der Waals surface area contributed by atoms with E-state index in [1.54, 1.807) is 27.7 Å². The second-order valence-electron chi connectivity index (χ2n) is 7.35. The van der Waals surface area contributed by atoms with Crippen molar-refractivity contribution in [3.63, 3.8) is 0 Å². The van der Waals surface area contributed by atoms with E-state index >= 15 is 0 Å². The molecule has 0 aromatic heterocycles. The molecule has 8 heteroatoms. The molecule has 8 nitrogen and oxygen atoms in total. The van der Waals surface area contributed by atoms with E-state index in [1.165, 1.54) is 0 Å². The fourth-order valence-electron chi connectivity index (χ4n) is 3.75. The number of hydrogen-bond donors (Lipinski definition) is 1. The normalized spacial score (nSPS) is 48.1. The van der Waals surface area contributed by atoms with Gasteiger partial charge in [0.25, 0.3) is 0 Å². The molecule has 0 radical (unpaired) electrons. The Morgan fingerprint density at radius 3 is 2.39 bits per heavy atom. The molecule has 0 aromatic carbocycles. The van der Waals surface area contributed by atoms with Gasteiger partial charge in [0.05, 0.1) is 12.7 Å². The molecule has 23 heavy (non-hydrogen) atoms. The first-order chi connectivity index (χ1) is 10.7. The van der Waals surface area contributed by atoms with Gasteiger partial charge < -0.3 is 33.5 Å². The van der Waals surface area contributed by atoms with Gasteiger partial charge in [0.15, 0.2) is 17.7 Å². The van der Waals surface area contributed by atoms with Crippen molar-refractivity contribution in [1.29, 1.82) is 0 Å². The highest BCUT2D eigenvalue weighted by molar-refractivity contribution is 5.75. The van der Waals surface area contributed by atoms with E-state index in [9.17, 15) is 9.90 Å². The minimum Gasteiger partial charge on any atom is -0.432 e. The van der Waals surface area contributed by atoms with Gasteiger partial charge in [-0.2, -0.15) is 0 Å². The average molecular weight is 330 g/mol. The van der Waals surface area contributed by atoms with Gasteiger partial charge in [-0.05, 0) is 27.7 Å². The topological polar surface area (TPSA) is 92.7 Å². The Hall–Kier alpha value is -0.770. The molecule has 0 aromatic rings. The van der Waals surface area contributed by atoms with Gasteiger partial charge in [0.2, 0.25) is 6.29 Å². The Kier molecular flexibility index (Phi) is 3.33. The number of carbonyl (C=O) groups is 1. The summed E-state index contributed by atoms with van der Waals surface area (Å²) >= 11 is 0. The molecule has 0 unspecified atom stereocenters. The number of hydrogen-bond acceptors (Lipinski definition) is 8. The van der Waals surface area contributed by atoms with Crippen LogP contribution in [0.1, 0.15) is 27.7 Å². The molecule has 2 bridgehead atoms. The average Bonchev–Trinajstić information content (AvgIpc) is 3.03. The maximum Gasteiger partial charge on any atom is 0.316 e. The van der Waals surface area contributed by atoms with E-state index in [4.69, 9.17) is 28.4 Å². The second-order valence-corrected chi connectivity index (χ2v) is 7.35. The lowest BCUT2D eigenvalue weighted by Gasteiger charge is -2.35. The molecule has 4 aliphatic heterocycles. The summed E-state index contributed by atoms with van der Waals surface area (Å²) in [6, 6.07) is 0. The largest absolute Gasteiger partial charge is 0.432 e. The molecule has 4 saturated heterocycles. The van der Waals surface area contributed by atoms with Gasteiger partial charge in [-0.25, -0.2) is 0 Å². The molecule has 0 aliphatic carbocycles. The van der Waals surface area contributed by atoms with E-state index in [1.807, 2.05) is 0 Å². The highest BCUT2D eigenvalue weighted by atomic mass is 16.8. The summed E-state index contributed by atoms with van der Waals surface area (Å²) in [6.07, 6.45) is -4.10. The highest BCUT2D eigenvalue weighted by Gasteiger charge is 2.65. The molecule has 4 aliphatic rings. The molecule has 130 valence electrons. The zero-order chi connectivity index (χ0) is 16.6. The minimum absolute atomic E-state index is 0.199. The maximum atomic E-state index is 12.3. The van der Waals surface area contributed by atoms with Crippen molar-refractivity contribution in [2.24, 2.45) is 5.92 Å². The van der Waals surface area contributed by atoms with E-state index in [2.05, 4.69) is 0 Å². The third kappa shape index (κ3) is 2.48. The lowest BCUT2D eigenvalue weighted by Crippen LogP contribution is -2.52. The molecule has 0 amide bonds. The maximum absolute atomic E-state index is 12.3. The van der Waals surface area contributed by atoms with Crippen LogP contribution in [0.2, 0.25) is 0 Å². The van der Waals surface area contributed by atoms with Gasteiger partial charge in [-0.15, -0.1) is 0 Å². The Morgan fingerprint density at radius 1 is 1.04 bits per heavy atom. The van der Waals surface area contributed by atoms with Crippen LogP contribution in [0.25, 0.3) is 0 Å². The molecule has 0 saturated carbocycles. The summed E-state index contributed by atoms with van der Waals surface area (Å²) in [4.78, 5) is 12.3. The number of ether oxygens (including phenoxy) is 6. The monoisotopic (exact) mass is 330 g/mol. The van der Waals surface area contributed by atoms with Gasteiger partial charge in [0.1, 0.15) is 24.2 Å². The van der Waals surface area contributed by atoms with Crippen molar-refractivity contribution in [3.8, 4) is 0 Å². The first-order valence-electron chi connectivity index (χ1n) is 7.88. The fraction of sp³-hybridized carbons (Fsp3) is 0.933. The molecule has 0 spiro atoms. The standard InChI is InChI=1S/C15H22O8/c1-14(2)18-5-6(21-14)8(16)7-9-10-11(23-15(3,4)22-10)13(19-9)20-12(7)17/h6-11,13,16H,5H2,1-4H3/t6-,7+,8+,9-,10-,11-,13+/m1/s1. The first-order valence-corrected chi connectivity index (χ1v) is 7.88. The Morgan fingerprint density at radius 2 is 1.74 bits per heavy atom. The van der Waals surface area contributed by atoms with E-state index in [0.717, 1.165) is 0 Å². The van der Waals surface area contributed by atoms with Crippen LogP contribution in [0.5, 0.6) is 0 Å². The van der Waals surface area contributed by atoms with Gasteiger partial charge in [-0.3, -0.25) is 4.79 Å². The summed E-state index contributed by atoms with van der Waals surface area (Å²) in [6.45, 7) is 7.31. The van der Waals surface area contributed by atoms with Crippen molar-refractivity contribution >= 4 is 5.97 Å². The third-order valence-corrected chi connectivity index (χ3v) is 4.68. The zero-order valence-corrected chi connectivity index (χ0v) is 13.6. The predicted octanol–water partition coefficient (Wildman–Crippen LogP) is -0.0832. The van der Waals surface area contributed by atoms with Gasteiger partial charge in [0, 0.05) is 0 Å². The molecule has 4 heterocycles. The number of aliphatic hydroxyl groups is 1. The lowest BCUT2D eigenvalue weighted by atomic mass is 9.89. The zero-order valence-electron chi connectivity index (χ0n) is 13.6. The Labute approximate surface area is 133 Å². The van der Waals surface area contributed by atoms with Crippen LogP contribution in [-0.4, -0.2) is 66.1 Å². The number of carbonyl (C=O) groups excluding carboxylic acids is 1. The van der Waals surface area contributed by atoms with E-state index < -0.39 is 60.3 Å². The van der Waals surface area contributed by atoms with Crippen molar-refractivity contribution in [2.75, 3.05) is 6.61 Å². The minimum atomic E-state index is -1.11. The number of aliphatic hydroxyl groups excluding tert-OH is 1. The van der Waals surface area contributed by atoms with Crippen molar-refractivity contribution in [2.45, 2.75) is 76.1 Å². The van der Waals surface area contributed by atoms with Gasteiger partial charge >= 0.3 is 5.97 Å². The number of fused-ring (bicyclic) bond motifs is 5.